The Kier molecular flexibility index (Phi) is 3.63. The number of benzene rings is 1. The van der Waals surface area contributed by atoms with E-state index in [0.29, 0.717) is 6.04 Å². The number of hydrogen-bond donors (Lipinski definition) is 2. The van der Waals surface area contributed by atoms with Gasteiger partial charge in [0.25, 0.3) is 0 Å². The first-order chi connectivity index (χ1) is 6.69. The lowest BCUT2D eigenvalue weighted by molar-refractivity contribution is 0.763. The van der Waals surface area contributed by atoms with E-state index in [4.69, 9.17) is 5.53 Å². The smallest absolute Gasteiger partial charge is 0.111 e. The number of para-hydroxylation sites is 1. The van der Waals surface area contributed by atoms with Crippen LogP contribution in [0.4, 0.5) is 11.4 Å². The molecular formula is C11H17N3. The van der Waals surface area contributed by atoms with Crippen LogP contribution in [0.15, 0.2) is 23.3 Å². The van der Waals surface area contributed by atoms with Crippen molar-refractivity contribution in [2.45, 2.75) is 33.2 Å². The summed E-state index contributed by atoms with van der Waals surface area (Å²) in [5.74, 6) is 0. The van der Waals surface area contributed by atoms with Crippen LogP contribution in [0.25, 0.3) is 0 Å². The Labute approximate surface area is 85.0 Å². The van der Waals surface area contributed by atoms with Crippen molar-refractivity contribution in [2.24, 2.45) is 5.11 Å². The summed E-state index contributed by atoms with van der Waals surface area (Å²) >= 11 is 0. The van der Waals surface area contributed by atoms with Gasteiger partial charge in [-0.2, -0.15) is 5.11 Å². The highest BCUT2D eigenvalue weighted by Gasteiger charge is 2.06. The number of aryl methyl sites for hydroxylation is 1. The molecule has 0 radical (unpaired) electrons. The van der Waals surface area contributed by atoms with E-state index >= 15 is 0 Å². The van der Waals surface area contributed by atoms with Gasteiger partial charge in [-0.25, -0.2) is 5.53 Å². The van der Waals surface area contributed by atoms with E-state index in [9.17, 15) is 0 Å². The third kappa shape index (κ3) is 2.31. The Morgan fingerprint density at radius 3 is 2.79 bits per heavy atom. The molecule has 3 heteroatoms. The highest BCUT2D eigenvalue weighted by molar-refractivity contribution is 5.68. The average molecular weight is 191 g/mol. The van der Waals surface area contributed by atoms with Crippen LogP contribution in [0.1, 0.15) is 25.8 Å². The molecule has 0 aliphatic rings. The van der Waals surface area contributed by atoms with Crippen LogP contribution in [0.3, 0.4) is 0 Å². The maximum atomic E-state index is 7.11. The lowest BCUT2D eigenvalue weighted by atomic mass is 10.1. The zero-order valence-electron chi connectivity index (χ0n) is 8.96. The molecule has 1 rings (SSSR count). The molecule has 0 spiro atoms. The monoisotopic (exact) mass is 191 g/mol. The molecular weight excluding hydrogens is 174 g/mol. The van der Waals surface area contributed by atoms with Gasteiger partial charge in [0.05, 0.1) is 5.69 Å². The van der Waals surface area contributed by atoms with Crippen molar-refractivity contribution in [1.82, 2.24) is 0 Å². The largest absolute Gasteiger partial charge is 0.381 e. The minimum Gasteiger partial charge on any atom is -0.381 e. The number of nitrogens with one attached hydrogen (secondary N) is 2. The van der Waals surface area contributed by atoms with Crippen molar-refractivity contribution >= 4 is 11.4 Å². The predicted molar refractivity (Wildman–Crippen MR) is 59.4 cm³/mol. The van der Waals surface area contributed by atoms with Crippen molar-refractivity contribution in [3.8, 4) is 0 Å². The molecule has 0 aromatic heterocycles. The zero-order valence-corrected chi connectivity index (χ0v) is 8.96. The summed E-state index contributed by atoms with van der Waals surface area (Å²) in [6, 6.07) is 6.33. The molecule has 1 aromatic carbocycles. The van der Waals surface area contributed by atoms with Gasteiger partial charge in [0, 0.05) is 6.04 Å². The summed E-state index contributed by atoms with van der Waals surface area (Å²) in [6.07, 6.45) is 1.06. The minimum absolute atomic E-state index is 0.414. The maximum absolute atomic E-state index is 7.11. The molecule has 0 bridgehead atoms. The van der Waals surface area contributed by atoms with E-state index in [1.165, 1.54) is 0 Å². The molecule has 0 saturated heterocycles. The third-order valence-corrected chi connectivity index (χ3v) is 2.36. The summed E-state index contributed by atoms with van der Waals surface area (Å²) in [5.41, 5.74) is 9.84. The van der Waals surface area contributed by atoms with Gasteiger partial charge < -0.3 is 5.32 Å². The number of nitrogens with zero attached hydrogens (tertiary/aromatic N) is 1. The van der Waals surface area contributed by atoms with Crippen LogP contribution in [0, 0.1) is 12.5 Å². The minimum atomic E-state index is 0.414. The normalized spacial score (nSPS) is 12.2. The van der Waals surface area contributed by atoms with Gasteiger partial charge in [0.15, 0.2) is 0 Å². The van der Waals surface area contributed by atoms with Gasteiger partial charge in [-0.1, -0.05) is 19.1 Å². The number of rotatable bonds is 4. The Balaban J connectivity index is 2.96. The molecule has 0 amide bonds. The maximum Gasteiger partial charge on any atom is 0.111 e. The average Bonchev–Trinajstić information content (AvgIpc) is 2.18. The lowest BCUT2D eigenvalue weighted by Crippen LogP contribution is -2.13. The van der Waals surface area contributed by atoms with Crippen LogP contribution in [-0.4, -0.2) is 6.04 Å². The standard InChI is InChI=1S/C11H17N3/c1-4-9(3)13-10-7-5-6-8(2)11(10)14-12/h5-7,9,12-13H,4H2,1-3H3. The first-order valence-electron chi connectivity index (χ1n) is 4.92. The Morgan fingerprint density at radius 2 is 2.21 bits per heavy atom. The second kappa shape index (κ2) is 4.74. The van der Waals surface area contributed by atoms with Crippen LogP contribution in [0.5, 0.6) is 0 Å². The van der Waals surface area contributed by atoms with Gasteiger partial charge in [-0.05, 0) is 31.9 Å². The van der Waals surface area contributed by atoms with Crippen molar-refractivity contribution in [2.75, 3.05) is 5.32 Å². The SMILES string of the molecule is CCC(C)Nc1cccc(C)c1N=N. The first kappa shape index (κ1) is 10.7. The summed E-state index contributed by atoms with van der Waals surface area (Å²) in [4.78, 5) is 0. The van der Waals surface area contributed by atoms with Crippen molar-refractivity contribution < 1.29 is 0 Å². The zero-order chi connectivity index (χ0) is 10.6. The quantitative estimate of drug-likeness (QED) is 0.697. The summed E-state index contributed by atoms with van der Waals surface area (Å²) < 4.78 is 0. The van der Waals surface area contributed by atoms with Gasteiger partial charge in [0.1, 0.15) is 5.69 Å². The number of anilines is 1. The Bertz CT molecular complexity index is 320. The van der Waals surface area contributed by atoms with Gasteiger partial charge >= 0.3 is 0 Å². The highest BCUT2D eigenvalue weighted by atomic mass is 15.0. The molecule has 14 heavy (non-hydrogen) atoms. The van der Waals surface area contributed by atoms with Crippen molar-refractivity contribution in [1.29, 1.82) is 5.53 Å². The predicted octanol–water partition coefficient (Wildman–Crippen LogP) is 3.87. The molecule has 1 atom stereocenters. The fourth-order valence-electron chi connectivity index (χ4n) is 1.29. The molecule has 2 N–H and O–H groups in total. The second-order valence-corrected chi connectivity index (χ2v) is 3.54. The molecule has 0 aliphatic carbocycles. The fourth-order valence-corrected chi connectivity index (χ4v) is 1.29. The molecule has 0 heterocycles. The summed E-state index contributed by atoms with van der Waals surface area (Å²) in [5, 5.41) is 6.88. The number of hydrogen-bond acceptors (Lipinski definition) is 3. The topological polar surface area (TPSA) is 48.2 Å². The Morgan fingerprint density at radius 1 is 1.50 bits per heavy atom. The molecule has 76 valence electrons. The molecule has 1 aromatic rings. The van der Waals surface area contributed by atoms with E-state index < -0.39 is 0 Å². The van der Waals surface area contributed by atoms with E-state index in [1.54, 1.807) is 0 Å². The fraction of sp³-hybridized carbons (Fsp3) is 0.455. The van der Waals surface area contributed by atoms with Crippen LogP contribution >= 0.6 is 0 Å². The van der Waals surface area contributed by atoms with Crippen molar-refractivity contribution in [3.05, 3.63) is 23.8 Å². The van der Waals surface area contributed by atoms with Gasteiger partial charge in [-0.3, -0.25) is 0 Å². The van der Waals surface area contributed by atoms with E-state index in [-0.39, 0.29) is 0 Å². The summed E-state index contributed by atoms with van der Waals surface area (Å²) in [7, 11) is 0. The molecule has 0 fully saturated rings. The molecule has 3 nitrogen and oxygen atoms in total. The van der Waals surface area contributed by atoms with E-state index in [0.717, 1.165) is 23.4 Å². The Hall–Kier alpha value is -1.38. The first-order valence-corrected chi connectivity index (χ1v) is 4.92. The van der Waals surface area contributed by atoms with E-state index in [2.05, 4.69) is 24.3 Å². The van der Waals surface area contributed by atoms with Gasteiger partial charge in [-0.15, -0.1) is 0 Å². The molecule has 0 aliphatic heterocycles. The van der Waals surface area contributed by atoms with Gasteiger partial charge in [0.2, 0.25) is 0 Å². The summed E-state index contributed by atoms with van der Waals surface area (Å²) in [6.45, 7) is 6.22. The lowest BCUT2D eigenvalue weighted by Gasteiger charge is -2.15. The third-order valence-electron chi connectivity index (χ3n) is 2.36. The highest BCUT2D eigenvalue weighted by Crippen LogP contribution is 2.29. The molecule has 1 unspecified atom stereocenters. The van der Waals surface area contributed by atoms with Crippen LogP contribution < -0.4 is 5.32 Å². The molecule has 0 saturated carbocycles. The van der Waals surface area contributed by atoms with Crippen LogP contribution in [-0.2, 0) is 0 Å². The second-order valence-electron chi connectivity index (χ2n) is 3.54. The van der Waals surface area contributed by atoms with Crippen molar-refractivity contribution in [3.63, 3.8) is 0 Å². The van der Waals surface area contributed by atoms with E-state index in [1.807, 2.05) is 25.1 Å². The van der Waals surface area contributed by atoms with Crippen LogP contribution in [0.2, 0.25) is 0 Å².